The van der Waals surface area contributed by atoms with E-state index in [4.69, 9.17) is 4.74 Å². The number of hydrogen-bond donors (Lipinski definition) is 1. The van der Waals surface area contributed by atoms with Crippen LogP contribution >= 0.6 is 0 Å². The highest BCUT2D eigenvalue weighted by atomic mass is 16.5. The van der Waals surface area contributed by atoms with Crippen molar-refractivity contribution < 1.29 is 23.9 Å². The Balaban J connectivity index is 1.67. The van der Waals surface area contributed by atoms with Crippen LogP contribution < -0.4 is 10.1 Å². The largest absolute Gasteiger partial charge is 0.497 e. The lowest BCUT2D eigenvalue weighted by atomic mass is 10.1. The van der Waals surface area contributed by atoms with E-state index in [1.807, 2.05) is 38.1 Å². The third-order valence-electron chi connectivity index (χ3n) is 6.33. The predicted octanol–water partition coefficient (Wildman–Crippen LogP) is 3.40. The minimum atomic E-state index is -0.682. The van der Waals surface area contributed by atoms with Gasteiger partial charge in [0.1, 0.15) is 11.8 Å². The first-order valence-electron chi connectivity index (χ1n) is 11.9. The Labute approximate surface area is 206 Å². The molecule has 0 aromatic heterocycles. The fourth-order valence-electron chi connectivity index (χ4n) is 3.95. The summed E-state index contributed by atoms with van der Waals surface area (Å²) in [4.78, 5) is 54.0. The normalized spacial score (nSPS) is 14.3. The van der Waals surface area contributed by atoms with Gasteiger partial charge in [-0.15, -0.1) is 0 Å². The van der Waals surface area contributed by atoms with Gasteiger partial charge in [-0.2, -0.15) is 0 Å². The molecule has 8 nitrogen and oxygen atoms in total. The molecule has 0 saturated carbocycles. The molecule has 1 aliphatic rings. The summed E-state index contributed by atoms with van der Waals surface area (Å²) in [5, 5.41) is 2.94. The zero-order chi connectivity index (χ0) is 25.5. The number of nitrogens with one attached hydrogen (secondary N) is 1. The van der Waals surface area contributed by atoms with Crippen molar-refractivity contribution in [1.82, 2.24) is 15.1 Å². The number of ether oxygens (including phenoxy) is 1. The lowest BCUT2D eigenvalue weighted by Crippen LogP contribution is -2.49. The molecule has 2 atom stereocenters. The molecule has 0 bridgehead atoms. The van der Waals surface area contributed by atoms with Crippen molar-refractivity contribution >= 4 is 23.6 Å². The Morgan fingerprint density at radius 2 is 1.60 bits per heavy atom. The number of amides is 4. The summed E-state index contributed by atoms with van der Waals surface area (Å²) in [5.74, 6) is -0.412. The molecule has 3 rings (SSSR count). The summed E-state index contributed by atoms with van der Waals surface area (Å²) in [7, 11) is 1.58. The quantitative estimate of drug-likeness (QED) is 0.499. The molecule has 35 heavy (non-hydrogen) atoms. The Hall–Kier alpha value is -3.68. The van der Waals surface area contributed by atoms with Crippen LogP contribution in [-0.4, -0.2) is 59.2 Å². The number of benzene rings is 2. The Morgan fingerprint density at radius 3 is 2.14 bits per heavy atom. The predicted molar refractivity (Wildman–Crippen MR) is 132 cm³/mol. The van der Waals surface area contributed by atoms with Gasteiger partial charge in [0.15, 0.2) is 0 Å². The van der Waals surface area contributed by atoms with E-state index in [0.29, 0.717) is 23.3 Å². The number of carbonyl (C=O) groups is 4. The average Bonchev–Trinajstić information content (AvgIpc) is 3.11. The highest BCUT2D eigenvalue weighted by molar-refractivity contribution is 6.21. The second kappa shape index (κ2) is 11.6. The minimum Gasteiger partial charge on any atom is -0.497 e. The monoisotopic (exact) mass is 479 g/mol. The fraction of sp³-hybridized carbons (Fsp3) is 0.407. The van der Waals surface area contributed by atoms with E-state index in [0.717, 1.165) is 12.0 Å². The molecule has 4 amide bonds. The molecule has 1 heterocycles. The van der Waals surface area contributed by atoms with Crippen LogP contribution in [0.1, 0.15) is 66.3 Å². The number of fused-ring (bicyclic) bond motifs is 1. The van der Waals surface area contributed by atoms with Crippen LogP contribution in [0, 0.1) is 0 Å². The number of carbonyl (C=O) groups excluding carboxylic acids is 4. The maximum atomic E-state index is 13.3. The average molecular weight is 480 g/mol. The summed E-state index contributed by atoms with van der Waals surface area (Å²) >= 11 is 0. The summed E-state index contributed by atoms with van der Waals surface area (Å²) in [6.45, 7) is 6.01. The molecule has 0 fully saturated rings. The summed E-state index contributed by atoms with van der Waals surface area (Å²) in [5.41, 5.74) is 1.64. The Bertz CT molecular complexity index is 1050. The van der Waals surface area contributed by atoms with Crippen molar-refractivity contribution in [2.45, 2.75) is 58.7 Å². The van der Waals surface area contributed by atoms with Crippen molar-refractivity contribution in [2.75, 3.05) is 13.7 Å². The summed E-state index contributed by atoms with van der Waals surface area (Å²) in [6, 6.07) is 13.4. The van der Waals surface area contributed by atoms with Gasteiger partial charge >= 0.3 is 0 Å². The zero-order valence-electron chi connectivity index (χ0n) is 20.7. The molecule has 8 heteroatoms. The van der Waals surface area contributed by atoms with E-state index in [1.165, 1.54) is 4.90 Å². The molecule has 0 saturated heterocycles. The highest BCUT2D eigenvalue weighted by Gasteiger charge is 2.35. The van der Waals surface area contributed by atoms with Crippen molar-refractivity contribution in [3.63, 3.8) is 0 Å². The van der Waals surface area contributed by atoms with Gasteiger partial charge in [-0.25, -0.2) is 0 Å². The van der Waals surface area contributed by atoms with E-state index in [-0.39, 0.29) is 49.2 Å². The van der Waals surface area contributed by atoms with Crippen LogP contribution in [0.5, 0.6) is 5.75 Å². The number of rotatable bonds is 11. The van der Waals surface area contributed by atoms with Gasteiger partial charge < -0.3 is 15.0 Å². The maximum absolute atomic E-state index is 13.3. The van der Waals surface area contributed by atoms with E-state index in [9.17, 15) is 19.2 Å². The minimum absolute atomic E-state index is 0.00304. The maximum Gasteiger partial charge on any atom is 0.261 e. The molecule has 1 N–H and O–H groups in total. The van der Waals surface area contributed by atoms with Gasteiger partial charge in [-0.3, -0.25) is 24.1 Å². The molecule has 0 spiro atoms. The summed E-state index contributed by atoms with van der Waals surface area (Å²) < 4.78 is 5.20. The van der Waals surface area contributed by atoms with Crippen molar-refractivity contribution in [3.05, 3.63) is 65.2 Å². The van der Waals surface area contributed by atoms with Gasteiger partial charge in [0.05, 0.1) is 18.2 Å². The molecule has 2 aromatic carbocycles. The SMILES string of the molecule is CC[C@@H](C)NC(=O)[C@H](C)N(Cc1ccc(OC)cc1)C(=O)CCCN1C(=O)c2ccccc2C1=O. The first-order valence-corrected chi connectivity index (χ1v) is 11.9. The van der Waals surface area contributed by atoms with Crippen molar-refractivity contribution in [1.29, 1.82) is 0 Å². The topological polar surface area (TPSA) is 96.0 Å². The smallest absolute Gasteiger partial charge is 0.261 e. The third kappa shape index (κ3) is 6.07. The third-order valence-corrected chi connectivity index (χ3v) is 6.33. The van der Waals surface area contributed by atoms with Gasteiger partial charge in [0.2, 0.25) is 11.8 Å². The lowest BCUT2D eigenvalue weighted by molar-refractivity contribution is -0.141. The van der Waals surface area contributed by atoms with E-state index in [2.05, 4.69) is 5.32 Å². The van der Waals surface area contributed by atoms with Gasteiger partial charge in [-0.1, -0.05) is 31.2 Å². The molecule has 0 aliphatic carbocycles. The first-order chi connectivity index (χ1) is 16.8. The fourth-order valence-corrected chi connectivity index (χ4v) is 3.95. The summed E-state index contributed by atoms with van der Waals surface area (Å²) in [6.07, 6.45) is 1.19. The van der Waals surface area contributed by atoms with Gasteiger partial charge in [0, 0.05) is 25.6 Å². The second-order valence-corrected chi connectivity index (χ2v) is 8.77. The van der Waals surface area contributed by atoms with Crippen LogP contribution in [0.4, 0.5) is 0 Å². The molecule has 0 radical (unpaired) electrons. The molecular weight excluding hydrogens is 446 g/mol. The standard InChI is InChI=1S/C27H33N3O5/c1-5-18(2)28-25(32)19(3)30(17-20-12-14-21(35-4)15-13-20)24(31)11-8-16-29-26(33)22-9-6-7-10-23(22)27(29)34/h6-7,9-10,12-15,18-19H,5,8,11,16-17H2,1-4H3,(H,28,32)/t18-,19+/m1/s1. The Morgan fingerprint density at radius 1 is 1.00 bits per heavy atom. The lowest BCUT2D eigenvalue weighted by Gasteiger charge is -2.30. The molecule has 1 aliphatic heterocycles. The van der Waals surface area contributed by atoms with Crippen LogP contribution in [-0.2, 0) is 16.1 Å². The number of hydrogen-bond acceptors (Lipinski definition) is 5. The number of methoxy groups -OCH3 is 1. The van der Waals surface area contributed by atoms with Gasteiger partial charge in [-0.05, 0) is 56.5 Å². The molecule has 2 aromatic rings. The van der Waals surface area contributed by atoms with Crippen LogP contribution in [0.15, 0.2) is 48.5 Å². The van der Waals surface area contributed by atoms with Crippen molar-refractivity contribution in [3.8, 4) is 5.75 Å². The van der Waals surface area contributed by atoms with Crippen molar-refractivity contribution in [2.24, 2.45) is 0 Å². The first kappa shape index (κ1) is 25.9. The molecule has 186 valence electrons. The molecular formula is C27H33N3O5. The number of nitrogens with zero attached hydrogens (tertiary/aromatic N) is 2. The van der Waals surface area contributed by atoms with E-state index in [1.54, 1.807) is 43.2 Å². The van der Waals surface area contributed by atoms with E-state index >= 15 is 0 Å². The van der Waals surface area contributed by atoms with Crippen LogP contribution in [0.2, 0.25) is 0 Å². The Kier molecular flexibility index (Phi) is 8.63. The molecule has 0 unspecified atom stereocenters. The van der Waals surface area contributed by atoms with E-state index < -0.39 is 6.04 Å². The van der Waals surface area contributed by atoms with Crippen LogP contribution in [0.25, 0.3) is 0 Å². The van der Waals surface area contributed by atoms with Gasteiger partial charge in [0.25, 0.3) is 11.8 Å². The zero-order valence-corrected chi connectivity index (χ0v) is 20.7. The number of imide groups is 1. The second-order valence-electron chi connectivity index (χ2n) is 8.77. The highest BCUT2D eigenvalue weighted by Crippen LogP contribution is 2.23. The van der Waals surface area contributed by atoms with Crippen LogP contribution in [0.3, 0.4) is 0 Å².